The van der Waals surface area contributed by atoms with E-state index in [1.54, 1.807) is 4.52 Å². The molecule has 0 aliphatic heterocycles. The predicted molar refractivity (Wildman–Crippen MR) is 82.8 cm³/mol. The number of nitrogens with zero attached hydrogens (tertiary/aromatic N) is 6. The van der Waals surface area contributed by atoms with Gasteiger partial charge in [-0.15, -0.1) is 15.3 Å². The summed E-state index contributed by atoms with van der Waals surface area (Å²) in [6, 6.07) is 15.7. The maximum atomic E-state index is 4.65. The lowest BCUT2D eigenvalue weighted by atomic mass is 10.2. The highest BCUT2D eigenvalue weighted by atomic mass is 15.4. The Balaban J connectivity index is 1.92. The van der Waals surface area contributed by atoms with Crippen LogP contribution in [0.1, 0.15) is 11.4 Å². The van der Waals surface area contributed by atoms with Gasteiger partial charge >= 0.3 is 0 Å². The molecular weight excluding hydrogens is 276 g/mol. The van der Waals surface area contributed by atoms with Crippen LogP contribution in [0.4, 0.5) is 0 Å². The zero-order chi connectivity index (χ0) is 15.1. The Morgan fingerprint density at radius 2 is 1.68 bits per heavy atom. The number of aromatic nitrogens is 6. The van der Waals surface area contributed by atoms with Crippen LogP contribution in [0.2, 0.25) is 0 Å². The van der Waals surface area contributed by atoms with Gasteiger partial charge in [0.05, 0.1) is 5.69 Å². The first-order chi connectivity index (χ1) is 10.7. The maximum absolute atomic E-state index is 4.65. The van der Waals surface area contributed by atoms with E-state index in [1.807, 2.05) is 67.1 Å². The van der Waals surface area contributed by atoms with Gasteiger partial charge in [0.25, 0.3) is 0 Å². The van der Waals surface area contributed by atoms with Crippen molar-refractivity contribution in [2.75, 3.05) is 0 Å². The second-order valence-corrected chi connectivity index (χ2v) is 5.19. The van der Waals surface area contributed by atoms with Gasteiger partial charge in [0.1, 0.15) is 0 Å². The Morgan fingerprint density at radius 1 is 0.864 bits per heavy atom. The van der Waals surface area contributed by atoms with Gasteiger partial charge in [-0.25, -0.2) is 4.68 Å². The van der Waals surface area contributed by atoms with Crippen molar-refractivity contribution >= 4 is 5.65 Å². The van der Waals surface area contributed by atoms with E-state index in [-0.39, 0.29) is 0 Å². The number of hydrogen-bond acceptors (Lipinski definition) is 4. The Bertz CT molecular complexity index is 951. The monoisotopic (exact) mass is 290 g/mol. The number of hydrogen-bond donors (Lipinski definition) is 0. The van der Waals surface area contributed by atoms with Crippen molar-refractivity contribution in [1.82, 2.24) is 29.6 Å². The highest BCUT2D eigenvalue weighted by Crippen LogP contribution is 2.18. The molecule has 3 aromatic heterocycles. The molecule has 108 valence electrons. The number of aryl methyl sites for hydroxylation is 2. The van der Waals surface area contributed by atoms with Crippen molar-refractivity contribution < 1.29 is 0 Å². The van der Waals surface area contributed by atoms with E-state index in [0.717, 1.165) is 28.6 Å². The van der Waals surface area contributed by atoms with Crippen molar-refractivity contribution in [1.29, 1.82) is 0 Å². The summed E-state index contributed by atoms with van der Waals surface area (Å²) >= 11 is 0. The fourth-order valence-corrected chi connectivity index (χ4v) is 2.52. The lowest BCUT2D eigenvalue weighted by molar-refractivity contribution is 0.767. The van der Waals surface area contributed by atoms with Crippen LogP contribution in [-0.2, 0) is 0 Å². The third-order valence-corrected chi connectivity index (χ3v) is 3.51. The first-order valence-corrected chi connectivity index (χ1v) is 7.04. The highest BCUT2D eigenvalue weighted by Gasteiger charge is 2.11. The molecule has 0 radical (unpaired) electrons. The van der Waals surface area contributed by atoms with Crippen molar-refractivity contribution in [3.05, 3.63) is 59.9 Å². The van der Waals surface area contributed by atoms with E-state index in [1.165, 1.54) is 0 Å². The number of benzene rings is 1. The molecule has 4 rings (SSSR count). The van der Waals surface area contributed by atoms with Crippen LogP contribution in [0.3, 0.4) is 0 Å². The standard InChI is InChI=1S/C16H14N6/c1-11-10-12(2)21(19-11)15-9-8-14-17-18-16(22(14)20-15)13-6-4-3-5-7-13/h3-10H,1-2H3. The van der Waals surface area contributed by atoms with Gasteiger partial charge < -0.3 is 0 Å². The smallest absolute Gasteiger partial charge is 0.185 e. The third-order valence-electron chi connectivity index (χ3n) is 3.51. The zero-order valence-electron chi connectivity index (χ0n) is 12.3. The van der Waals surface area contributed by atoms with Crippen LogP contribution in [-0.4, -0.2) is 29.6 Å². The van der Waals surface area contributed by atoms with Gasteiger partial charge in [-0.1, -0.05) is 30.3 Å². The Hall–Kier alpha value is -3.02. The van der Waals surface area contributed by atoms with Gasteiger partial charge in [0.2, 0.25) is 0 Å². The highest BCUT2D eigenvalue weighted by molar-refractivity contribution is 5.58. The molecule has 0 atom stereocenters. The summed E-state index contributed by atoms with van der Waals surface area (Å²) in [5.74, 6) is 1.47. The number of rotatable bonds is 2. The molecule has 22 heavy (non-hydrogen) atoms. The first kappa shape index (κ1) is 12.7. The van der Waals surface area contributed by atoms with Crippen molar-refractivity contribution in [2.45, 2.75) is 13.8 Å². The average molecular weight is 290 g/mol. The molecule has 0 saturated carbocycles. The van der Waals surface area contributed by atoms with Crippen LogP contribution in [0, 0.1) is 13.8 Å². The third kappa shape index (κ3) is 1.96. The number of fused-ring (bicyclic) bond motifs is 1. The molecule has 0 N–H and O–H groups in total. The van der Waals surface area contributed by atoms with Gasteiger partial charge in [0.15, 0.2) is 17.3 Å². The summed E-state index contributed by atoms with van der Waals surface area (Å²) in [6.45, 7) is 3.98. The Labute approximate surface area is 127 Å². The van der Waals surface area contributed by atoms with E-state index in [2.05, 4.69) is 20.4 Å². The molecule has 6 heteroatoms. The quantitative estimate of drug-likeness (QED) is 0.569. The summed E-state index contributed by atoms with van der Waals surface area (Å²) in [5, 5.41) is 17.5. The molecule has 1 aromatic carbocycles. The summed E-state index contributed by atoms with van der Waals surface area (Å²) in [4.78, 5) is 0. The van der Waals surface area contributed by atoms with Gasteiger partial charge in [0, 0.05) is 11.3 Å². The predicted octanol–water partition coefficient (Wildman–Crippen LogP) is 2.59. The summed E-state index contributed by atoms with van der Waals surface area (Å²) in [5.41, 5.74) is 3.70. The minimum absolute atomic E-state index is 0.712. The van der Waals surface area contributed by atoms with E-state index < -0.39 is 0 Å². The summed E-state index contributed by atoms with van der Waals surface area (Å²) < 4.78 is 3.57. The maximum Gasteiger partial charge on any atom is 0.185 e. The minimum atomic E-state index is 0.712. The SMILES string of the molecule is Cc1cc(C)n(-c2ccc3nnc(-c4ccccc4)n3n2)n1. The molecule has 0 unspecified atom stereocenters. The molecule has 0 spiro atoms. The normalized spacial score (nSPS) is 11.2. The van der Waals surface area contributed by atoms with Crippen molar-refractivity contribution in [3.8, 4) is 17.2 Å². The van der Waals surface area contributed by atoms with E-state index in [4.69, 9.17) is 0 Å². The second kappa shape index (κ2) is 4.77. The van der Waals surface area contributed by atoms with E-state index in [9.17, 15) is 0 Å². The van der Waals surface area contributed by atoms with Crippen LogP contribution >= 0.6 is 0 Å². The van der Waals surface area contributed by atoms with Crippen molar-refractivity contribution in [2.24, 2.45) is 0 Å². The van der Waals surface area contributed by atoms with Crippen LogP contribution in [0.5, 0.6) is 0 Å². The average Bonchev–Trinajstić information content (AvgIpc) is 3.10. The minimum Gasteiger partial charge on any atom is -0.218 e. The van der Waals surface area contributed by atoms with E-state index in [0.29, 0.717) is 5.65 Å². The molecular formula is C16H14N6. The fourth-order valence-electron chi connectivity index (χ4n) is 2.52. The lowest BCUT2D eigenvalue weighted by Gasteiger charge is -2.04. The van der Waals surface area contributed by atoms with Crippen LogP contribution in [0.25, 0.3) is 22.9 Å². The van der Waals surface area contributed by atoms with Crippen molar-refractivity contribution in [3.63, 3.8) is 0 Å². The second-order valence-electron chi connectivity index (χ2n) is 5.19. The molecule has 4 aromatic rings. The fraction of sp³-hybridized carbons (Fsp3) is 0.125. The van der Waals surface area contributed by atoms with Crippen LogP contribution in [0.15, 0.2) is 48.5 Å². The molecule has 0 fully saturated rings. The largest absolute Gasteiger partial charge is 0.218 e. The molecule has 3 heterocycles. The van der Waals surface area contributed by atoms with Gasteiger partial charge in [-0.05, 0) is 32.0 Å². The zero-order valence-corrected chi connectivity index (χ0v) is 12.3. The van der Waals surface area contributed by atoms with E-state index >= 15 is 0 Å². The molecule has 0 aliphatic carbocycles. The topological polar surface area (TPSA) is 60.9 Å². The first-order valence-electron chi connectivity index (χ1n) is 7.04. The van der Waals surface area contributed by atoms with Gasteiger partial charge in [-0.2, -0.15) is 9.61 Å². The summed E-state index contributed by atoms with van der Waals surface area (Å²) in [6.07, 6.45) is 0. The molecule has 0 bridgehead atoms. The molecule has 0 aliphatic rings. The van der Waals surface area contributed by atoms with Crippen LogP contribution < -0.4 is 0 Å². The summed E-state index contributed by atoms with van der Waals surface area (Å²) in [7, 11) is 0. The molecule has 0 saturated heterocycles. The van der Waals surface area contributed by atoms with Gasteiger partial charge in [-0.3, -0.25) is 0 Å². The Kier molecular flexibility index (Phi) is 2.75. The Morgan fingerprint density at radius 3 is 2.41 bits per heavy atom. The molecule has 6 nitrogen and oxygen atoms in total. The lowest BCUT2D eigenvalue weighted by Crippen LogP contribution is -2.06. The molecule has 0 amide bonds.